The molecule has 0 radical (unpaired) electrons. The highest BCUT2D eigenvalue weighted by molar-refractivity contribution is 5.96. The van der Waals surface area contributed by atoms with Gasteiger partial charge in [0.05, 0.1) is 12.5 Å². The van der Waals surface area contributed by atoms with Crippen molar-refractivity contribution in [2.45, 2.75) is 25.8 Å². The molecule has 1 saturated heterocycles. The standard InChI is InChI=1S/C22H25N3O3/c1-3-25-14-19(13-21(25)27)24-22(28)18-6-4-5-17(12-18)16-9-7-15(8-10-16)11-20(26)23-2/h4-10,12,19H,3,11,13-14H2,1-2H3,(H,23,26)(H,24,28). The van der Waals surface area contributed by atoms with Crippen LogP contribution in [0, 0.1) is 0 Å². The van der Waals surface area contributed by atoms with E-state index in [1.54, 1.807) is 18.0 Å². The zero-order valence-electron chi connectivity index (χ0n) is 16.2. The van der Waals surface area contributed by atoms with E-state index in [2.05, 4.69) is 10.6 Å². The van der Waals surface area contributed by atoms with Gasteiger partial charge in [-0.15, -0.1) is 0 Å². The van der Waals surface area contributed by atoms with Crippen LogP contribution in [0.25, 0.3) is 11.1 Å². The number of nitrogens with one attached hydrogen (secondary N) is 2. The molecule has 0 saturated carbocycles. The molecule has 6 nitrogen and oxygen atoms in total. The van der Waals surface area contributed by atoms with Crippen LogP contribution in [0.4, 0.5) is 0 Å². The van der Waals surface area contributed by atoms with Gasteiger partial charge in [-0.25, -0.2) is 0 Å². The van der Waals surface area contributed by atoms with Gasteiger partial charge in [0.25, 0.3) is 5.91 Å². The second-order valence-corrected chi connectivity index (χ2v) is 6.93. The van der Waals surface area contributed by atoms with Gasteiger partial charge in [0.15, 0.2) is 0 Å². The normalized spacial score (nSPS) is 16.1. The van der Waals surface area contributed by atoms with Crippen LogP contribution >= 0.6 is 0 Å². The first-order chi connectivity index (χ1) is 13.5. The minimum absolute atomic E-state index is 0.0292. The number of benzene rings is 2. The zero-order chi connectivity index (χ0) is 20.1. The SMILES string of the molecule is CCN1CC(NC(=O)c2cccc(-c3ccc(CC(=O)NC)cc3)c2)CC1=O. The number of likely N-dealkylation sites (N-methyl/N-ethyl adjacent to an activating group) is 2. The summed E-state index contributed by atoms with van der Waals surface area (Å²) < 4.78 is 0. The number of amides is 3. The van der Waals surface area contributed by atoms with Gasteiger partial charge in [0, 0.05) is 32.1 Å². The maximum atomic E-state index is 12.6. The number of carbonyl (C=O) groups excluding carboxylic acids is 3. The lowest BCUT2D eigenvalue weighted by atomic mass is 10.0. The Morgan fingerprint density at radius 1 is 1.11 bits per heavy atom. The maximum absolute atomic E-state index is 12.6. The number of nitrogens with zero attached hydrogens (tertiary/aromatic N) is 1. The molecule has 0 aromatic heterocycles. The molecule has 1 unspecified atom stereocenters. The fourth-order valence-electron chi connectivity index (χ4n) is 3.37. The number of carbonyl (C=O) groups is 3. The van der Waals surface area contributed by atoms with Gasteiger partial charge in [-0.2, -0.15) is 0 Å². The molecule has 1 heterocycles. The first kappa shape index (κ1) is 19.6. The van der Waals surface area contributed by atoms with Crippen LogP contribution in [0.15, 0.2) is 48.5 Å². The summed E-state index contributed by atoms with van der Waals surface area (Å²) in [6.45, 7) is 3.16. The van der Waals surface area contributed by atoms with Crippen molar-refractivity contribution < 1.29 is 14.4 Å². The number of rotatable bonds is 6. The molecule has 3 rings (SSSR count). The average Bonchev–Trinajstić information content (AvgIpc) is 3.07. The Labute approximate surface area is 164 Å². The fraction of sp³-hybridized carbons (Fsp3) is 0.318. The Kier molecular flexibility index (Phi) is 6.09. The smallest absolute Gasteiger partial charge is 0.251 e. The third-order valence-electron chi connectivity index (χ3n) is 4.99. The highest BCUT2D eigenvalue weighted by Gasteiger charge is 2.29. The molecule has 0 aliphatic carbocycles. The number of likely N-dealkylation sites (tertiary alicyclic amines) is 1. The first-order valence-electron chi connectivity index (χ1n) is 9.48. The summed E-state index contributed by atoms with van der Waals surface area (Å²) in [5, 5.41) is 5.57. The Bertz CT molecular complexity index is 877. The molecule has 6 heteroatoms. The highest BCUT2D eigenvalue weighted by atomic mass is 16.2. The summed E-state index contributed by atoms with van der Waals surface area (Å²) in [5.41, 5.74) is 3.40. The highest BCUT2D eigenvalue weighted by Crippen LogP contribution is 2.22. The summed E-state index contributed by atoms with van der Waals surface area (Å²) in [4.78, 5) is 37.7. The predicted molar refractivity (Wildman–Crippen MR) is 108 cm³/mol. The van der Waals surface area contributed by atoms with Crippen LogP contribution < -0.4 is 10.6 Å². The van der Waals surface area contributed by atoms with Crippen LogP contribution in [-0.2, 0) is 16.0 Å². The van der Waals surface area contributed by atoms with Crippen molar-refractivity contribution in [1.82, 2.24) is 15.5 Å². The fourth-order valence-corrected chi connectivity index (χ4v) is 3.37. The lowest BCUT2D eigenvalue weighted by Crippen LogP contribution is -2.37. The van der Waals surface area contributed by atoms with Gasteiger partial charge in [-0.1, -0.05) is 36.4 Å². The van der Waals surface area contributed by atoms with E-state index in [1.807, 2.05) is 49.4 Å². The summed E-state index contributed by atoms with van der Waals surface area (Å²) in [7, 11) is 1.62. The van der Waals surface area contributed by atoms with Crippen LogP contribution in [0.1, 0.15) is 29.3 Å². The monoisotopic (exact) mass is 379 g/mol. The summed E-state index contributed by atoms with van der Waals surface area (Å²) in [5.74, 6) is -0.120. The van der Waals surface area contributed by atoms with Gasteiger partial charge in [0.1, 0.15) is 0 Å². The number of hydrogen-bond acceptors (Lipinski definition) is 3. The van der Waals surface area contributed by atoms with Crippen molar-refractivity contribution in [2.75, 3.05) is 20.1 Å². The first-order valence-corrected chi connectivity index (χ1v) is 9.48. The van der Waals surface area contributed by atoms with Crippen molar-refractivity contribution in [3.8, 4) is 11.1 Å². The Hall–Kier alpha value is -3.15. The van der Waals surface area contributed by atoms with Gasteiger partial charge < -0.3 is 15.5 Å². The molecule has 2 N–H and O–H groups in total. The van der Waals surface area contributed by atoms with Gasteiger partial charge in [0.2, 0.25) is 11.8 Å². The topological polar surface area (TPSA) is 78.5 Å². The van der Waals surface area contributed by atoms with E-state index in [9.17, 15) is 14.4 Å². The molecule has 1 aliphatic heterocycles. The van der Waals surface area contributed by atoms with E-state index in [0.717, 1.165) is 16.7 Å². The van der Waals surface area contributed by atoms with E-state index in [0.29, 0.717) is 31.5 Å². The predicted octanol–water partition coefficient (Wildman–Crippen LogP) is 1.99. The minimum Gasteiger partial charge on any atom is -0.359 e. The lowest BCUT2D eigenvalue weighted by molar-refractivity contribution is -0.127. The molecule has 146 valence electrons. The van der Waals surface area contributed by atoms with E-state index >= 15 is 0 Å². The second kappa shape index (κ2) is 8.69. The van der Waals surface area contributed by atoms with Crippen molar-refractivity contribution in [1.29, 1.82) is 0 Å². The number of hydrogen-bond donors (Lipinski definition) is 2. The van der Waals surface area contributed by atoms with Crippen molar-refractivity contribution in [2.24, 2.45) is 0 Å². The van der Waals surface area contributed by atoms with E-state index in [-0.39, 0.29) is 23.8 Å². The molecule has 1 aliphatic rings. The summed E-state index contributed by atoms with van der Waals surface area (Å²) >= 11 is 0. The molecule has 2 aromatic carbocycles. The molecule has 28 heavy (non-hydrogen) atoms. The minimum atomic E-state index is -0.172. The lowest BCUT2D eigenvalue weighted by Gasteiger charge is -2.15. The molecule has 0 spiro atoms. The van der Waals surface area contributed by atoms with Crippen molar-refractivity contribution in [3.63, 3.8) is 0 Å². The largest absolute Gasteiger partial charge is 0.359 e. The van der Waals surface area contributed by atoms with Gasteiger partial charge >= 0.3 is 0 Å². The molecular weight excluding hydrogens is 354 g/mol. The van der Waals surface area contributed by atoms with Crippen LogP contribution in [0.5, 0.6) is 0 Å². The maximum Gasteiger partial charge on any atom is 0.251 e. The van der Waals surface area contributed by atoms with E-state index in [1.165, 1.54) is 0 Å². The second-order valence-electron chi connectivity index (χ2n) is 6.93. The third kappa shape index (κ3) is 4.57. The quantitative estimate of drug-likeness (QED) is 0.806. The van der Waals surface area contributed by atoms with Gasteiger partial charge in [-0.3, -0.25) is 14.4 Å². The Morgan fingerprint density at radius 2 is 1.86 bits per heavy atom. The molecule has 3 amide bonds. The van der Waals surface area contributed by atoms with Crippen LogP contribution in [0.3, 0.4) is 0 Å². The Morgan fingerprint density at radius 3 is 2.50 bits per heavy atom. The van der Waals surface area contributed by atoms with Crippen LogP contribution in [-0.4, -0.2) is 48.8 Å². The third-order valence-corrected chi connectivity index (χ3v) is 4.99. The molecular formula is C22H25N3O3. The molecule has 1 fully saturated rings. The van der Waals surface area contributed by atoms with Crippen molar-refractivity contribution in [3.05, 3.63) is 59.7 Å². The van der Waals surface area contributed by atoms with E-state index < -0.39 is 0 Å². The van der Waals surface area contributed by atoms with Crippen LogP contribution in [0.2, 0.25) is 0 Å². The average molecular weight is 379 g/mol. The molecule has 2 aromatic rings. The van der Waals surface area contributed by atoms with Crippen molar-refractivity contribution >= 4 is 17.7 Å². The molecule has 0 bridgehead atoms. The summed E-state index contributed by atoms with van der Waals surface area (Å²) in [6.07, 6.45) is 0.695. The summed E-state index contributed by atoms with van der Waals surface area (Å²) in [6, 6.07) is 15.0. The Balaban J connectivity index is 1.69. The zero-order valence-corrected chi connectivity index (χ0v) is 16.2. The molecule has 1 atom stereocenters. The van der Waals surface area contributed by atoms with E-state index in [4.69, 9.17) is 0 Å². The van der Waals surface area contributed by atoms with Gasteiger partial charge in [-0.05, 0) is 35.7 Å².